The van der Waals surface area contributed by atoms with Gasteiger partial charge in [0, 0.05) is 11.9 Å². The van der Waals surface area contributed by atoms with Crippen molar-refractivity contribution in [2.45, 2.75) is 25.7 Å². The summed E-state index contributed by atoms with van der Waals surface area (Å²) in [5.74, 6) is -1.98. The van der Waals surface area contributed by atoms with Gasteiger partial charge >= 0.3 is 59.1 Å². The van der Waals surface area contributed by atoms with Gasteiger partial charge in [0.2, 0.25) is 0 Å². The molecule has 132 valence electrons. The molecule has 0 saturated carbocycles. The number of carboxylic acids is 2. The molecular formula is C18H22Na2O6. The Labute approximate surface area is 197 Å². The second-order valence-electron chi connectivity index (χ2n) is 4.72. The van der Waals surface area contributed by atoms with E-state index in [1.807, 2.05) is 60.7 Å². The fourth-order valence-electron chi connectivity index (χ4n) is 1.78. The Hall–Kier alpha value is -0.700. The number of carbonyl (C=O) groups excluding carboxylic acids is 2. The molecule has 0 aliphatic carbocycles. The van der Waals surface area contributed by atoms with Crippen molar-refractivity contribution >= 4 is 11.9 Å². The van der Waals surface area contributed by atoms with Gasteiger partial charge in [-0.05, 0) is 36.8 Å². The molecule has 2 aromatic carbocycles. The molecule has 8 heteroatoms. The molecule has 26 heavy (non-hydrogen) atoms. The number of hydrogen-bond donors (Lipinski definition) is 0. The molecule has 0 aliphatic heterocycles. The zero-order valence-electron chi connectivity index (χ0n) is 15.2. The quantitative estimate of drug-likeness (QED) is 0.459. The Morgan fingerprint density at radius 3 is 1.12 bits per heavy atom. The third-order valence-electron chi connectivity index (χ3n) is 2.92. The van der Waals surface area contributed by atoms with Crippen LogP contribution in [0.15, 0.2) is 60.7 Å². The number of hydrogen-bond acceptors (Lipinski definition) is 4. The molecule has 0 atom stereocenters. The van der Waals surface area contributed by atoms with Crippen LogP contribution in [-0.4, -0.2) is 22.9 Å². The van der Waals surface area contributed by atoms with Crippen LogP contribution in [0.4, 0.5) is 0 Å². The van der Waals surface area contributed by atoms with Gasteiger partial charge in [-0.3, -0.25) is 0 Å². The van der Waals surface area contributed by atoms with Crippen LogP contribution in [-0.2, 0) is 22.4 Å². The van der Waals surface area contributed by atoms with Gasteiger partial charge in [0.25, 0.3) is 0 Å². The predicted octanol–water partition coefficient (Wildman–Crippen LogP) is -6.90. The summed E-state index contributed by atoms with van der Waals surface area (Å²) in [5.41, 5.74) is 2.08. The third-order valence-corrected chi connectivity index (χ3v) is 2.92. The fraction of sp³-hybridized carbons (Fsp3) is 0.222. The summed E-state index contributed by atoms with van der Waals surface area (Å²) in [6.07, 6.45) is 1.32. The maximum absolute atomic E-state index is 10.1. The minimum atomic E-state index is -0.992. The maximum atomic E-state index is 10.1. The zero-order valence-corrected chi connectivity index (χ0v) is 19.2. The molecule has 0 fully saturated rings. The third kappa shape index (κ3) is 18.1. The van der Waals surface area contributed by atoms with E-state index in [4.69, 9.17) is 0 Å². The van der Waals surface area contributed by atoms with Crippen molar-refractivity contribution in [3.05, 3.63) is 71.8 Å². The van der Waals surface area contributed by atoms with Gasteiger partial charge in [0.05, 0.1) is 0 Å². The van der Waals surface area contributed by atoms with Crippen LogP contribution in [0, 0.1) is 0 Å². The molecule has 2 rings (SSSR count). The van der Waals surface area contributed by atoms with Crippen molar-refractivity contribution in [1.82, 2.24) is 0 Å². The van der Waals surface area contributed by atoms with E-state index in [0.29, 0.717) is 12.8 Å². The molecule has 0 aliphatic rings. The van der Waals surface area contributed by atoms with Gasteiger partial charge in [0.1, 0.15) is 0 Å². The number of rotatable bonds is 6. The SMILES string of the molecule is O.O.O=C([O-])CCc1ccccc1.O=C([O-])CCc1ccccc1.[Na+].[Na+]. The zero-order chi connectivity index (χ0) is 16.2. The number of aliphatic carboxylic acids is 2. The van der Waals surface area contributed by atoms with E-state index >= 15 is 0 Å². The smallest absolute Gasteiger partial charge is 0.550 e. The summed E-state index contributed by atoms with van der Waals surface area (Å²) in [6.45, 7) is 0. The molecule has 0 saturated heterocycles. The number of carbonyl (C=O) groups is 2. The van der Waals surface area contributed by atoms with Gasteiger partial charge in [-0.2, -0.15) is 0 Å². The van der Waals surface area contributed by atoms with Crippen molar-refractivity contribution < 1.29 is 89.9 Å². The first-order valence-corrected chi connectivity index (χ1v) is 7.05. The van der Waals surface area contributed by atoms with Gasteiger partial charge < -0.3 is 30.8 Å². The van der Waals surface area contributed by atoms with Crippen LogP contribution >= 0.6 is 0 Å². The maximum Gasteiger partial charge on any atom is 1.00 e. The standard InChI is InChI=1S/2C9H10O2.2Na.2H2O/c2*10-9(11)7-6-8-4-2-1-3-5-8;;;;/h2*1-5H,6-7H2,(H,10,11);;;2*1H2/q;;2*+1;;/p-2. The monoisotopic (exact) mass is 380 g/mol. The molecule has 6 nitrogen and oxygen atoms in total. The number of aryl methyl sites for hydroxylation is 2. The Morgan fingerprint density at radius 2 is 0.885 bits per heavy atom. The van der Waals surface area contributed by atoms with Crippen LogP contribution in [0.5, 0.6) is 0 Å². The average molecular weight is 380 g/mol. The van der Waals surface area contributed by atoms with Crippen molar-refractivity contribution in [3.63, 3.8) is 0 Å². The summed E-state index contributed by atoms with van der Waals surface area (Å²) < 4.78 is 0. The minimum Gasteiger partial charge on any atom is -0.550 e. The average Bonchev–Trinajstić information content (AvgIpc) is 2.53. The first-order chi connectivity index (χ1) is 10.6. The van der Waals surface area contributed by atoms with E-state index in [1.54, 1.807) is 0 Å². The topological polar surface area (TPSA) is 143 Å². The second kappa shape index (κ2) is 20.6. The van der Waals surface area contributed by atoms with E-state index in [0.717, 1.165) is 11.1 Å². The summed E-state index contributed by atoms with van der Waals surface area (Å²) in [4.78, 5) is 20.1. The summed E-state index contributed by atoms with van der Waals surface area (Å²) in [5, 5.41) is 20.1. The predicted molar refractivity (Wildman–Crippen MR) is 86.8 cm³/mol. The van der Waals surface area contributed by atoms with Crippen LogP contribution in [0.1, 0.15) is 24.0 Å². The van der Waals surface area contributed by atoms with Gasteiger partial charge in [-0.1, -0.05) is 60.7 Å². The van der Waals surface area contributed by atoms with Crippen LogP contribution in [0.25, 0.3) is 0 Å². The van der Waals surface area contributed by atoms with Crippen molar-refractivity contribution in [2.24, 2.45) is 0 Å². The largest absolute Gasteiger partial charge is 1.00 e. The summed E-state index contributed by atoms with van der Waals surface area (Å²) in [6, 6.07) is 19.0. The first kappa shape index (κ1) is 32.9. The van der Waals surface area contributed by atoms with E-state index < -0.39 is 11.9 Å². The summed E-state index contributed by atoms with van der Waals surface area (Å²) in [7, 11) is 0. The van der Waals surface area contributed by atoms with E-state index in [9.17, 15) is 19.8 Å². The molecule has 4 N–H and O–H groups in total. The normalized spacial score (nSPS) is 8.00. The number of benzene rings is 2. The van der Waals surface area contributed by atoms with Crippen LogP contribution < -0.4 is 69.3 Å². The van der Waals surface area contributed by atoms with Gasteiger partial charge in [-0.15, -0.1) is 0 Å². The van der Waals surface area contributed by atoms with Crippen LogP contribution in [0.3, 0.4) is 0 Å². The van der Waals surface area contributed by atoms with E-state index in [-0.39, 0.29) is 82.9 Å². The second-order valence-corrected chi connectivity index (χ2v) is 4.72. The molecule has 0 heterocycles. The Bertz CT molecular complexity index is 525. The fourth-order valence-corrected chi connectivity index (χ4v) is 1.78. The Balaban J connectivity index is -0.000000161. The molecule has 0 aromatic heterocycles. The van der Waals surface area contributed by atoms with Crippen molar-refractivity contribution in [1.29, 1.82) is 0 Å². The Morgan fingerprint density at radius 1 is 0.615 bits per heavy atom. The minimum absolute atomic E-state index is 0. The number of carboxylic acid groups (broad SMARTS) is 2. The van der Waals surface area contributed by atoms with Crippen LogP contribution in [0.2, 0.25) is 0 Å². The van der Waals surface area contributed by atoms with Gasteiger partial charge in [-0.25, -0.2) is 0 Å². The molecule has 0 unspecified atom stereocenters. The van der Waals surface area contributed by atoms with Crippen molar-refractivity contribution in [3.8, 4) is 0 Å². The van der Waals surface area contributed by atoms with Gasteiger partial charge in [0.15, 0.2) is 0 Å². The molecule has 0 spiro atoms. The van der Waals surface area contributed by atoms with Crippen molar-refractivity contribution in [2.75, 3.05) is 0 Å². The molecule has 0 bridgehead atoms. The molecule has 2 aromatic rings. The van der Waals surface area contributed by atoms with E-state index in [2.05, 4.69) is 0 Å². The van der Waals surface area contributed by atoms with E-state index in [1.165, 1.54) is 0 Å². The summed E-state index contributed by atoms with van der Waals surface area (Å²) >= 11 is 0. The molecular weight excluding hydrogens is 358 g/mol. The molecule has 0 amide bonds. The Kier molecular flexibility index (Phi) is 26.1. The molecule has 0 radical (unpaired) electrons. The first-order valence-electron chi connectivity index (χ1n) is 7.05.